The summed E-state index contributed by atoms with van der Waals surface area (Å²) in [6, 6.07) is 11.5. The molecular weight excluding hydrogens is 358 g/mol. The molecule has 6 nitrogen and oxygen atoms in total. The molecule has 0 aliphatic carbocycles. The van der Waals surface area contributed by atoms with Crippen LogP contribution in [0.4, 0.5) is 0 Å². The van der Waals surface area contributed by atoms with Crippen molar-refractivity contribution in [2.24, 2.45) is 0 Å². The molecule has 0 heterocycles. The fraction of sp³-hybridized carbons (Fsp3) is 0.263. The largest absolute Gasteiger partial charge is 0.493 e. The topological polar surface area (TPSA) is 73.9 Å². The van der Waals surface area contributed by atoms with Gasteiger partial charge >= 0.3 is 5.97 Å². The predicted octanol–water partition coefficient (Wildman–Crippen LogP) is 3.39. The molecule has 2 aromatic rings. The van der Waals surface area contributed by atoms with Crippen LogP contribution in [0.2, 0.25) is 5.02 Å². The molecule has 0 spiro atoms. The van der Waals surface area contributed by atoms with Crippen molar-refractivity contribution < 1.29 is 23.8 Å². The first-order valence-electron chi connectivity index (χ1n) is 7.88. The quantitative estimate of drug-likeness (QED) is 0.748. The Morgan fingerprint density at radius 3 is 2.46 bits per heavy atom. The van der Waals surface area contributed by atoms with Crippen molar-refractivity contribution in [2.45, 2.75) is 13.0 Å². The minimum Gasteiger partial charge on any atom is -0.493 e. The zero-order chi connectivity index (χ0) is 19.1. The van der Waals surface area contributed by atoms with Crippen molar-refractivity contribution in [3.05, 3.63) is 58.6 Å². The minimum atomic E-state index is -0.628. The number of methoxy groups -OCH3 is 2. The zero-order valence-corrected chi connectivity index (χ0v) is 15.5. The van der Waals surface area contributed by atoms with Crippen molar-refractivity contribution in [3.63, 3.8) is 0 Å². The highest BCUT2D eigenvalue weighted by Gasteiger charge is 2.15. The van der Waals surface area contributed by atoms with Crippen LogP contribution < -0.4 is 14.8 Å². The van der Waals surface area contributed by atoms with Gasteiger partial charge in [0, 0.05) is 5.02 Å². The molecule has 0 aliphatic heterocycles. The molecule has 0 saturated carbocycles. The molecule has 138 valence electrons. The summed E-state index contributed by atoms with van der Waals surface area (Å²) in [5.41, 5.74) is 1.12. The lowest BCUT2D eigenvalue weighted by Gasteiger charge is -2.15. The lowest BCUT2D eigenvalue weighted by molar-refractivity contribution is -0.124. The molecule has 0 aliphatic rings. The van der Waals surface area contributed by atoms with Gasteiger partial charge in [-0.25, -0.2) is 4.79 Å². The molecule has 2 rings (SSSR count). The fourth-order valence-corrected chi connectivity index (χ4v) is 2.52. The van der Waals surface area contributed by atoms with E-state index in [9.17, 15) is 9.59 Å². The molecule has 0 bridgehead atoms. The van der Waals surface area contributed by atoms with Crippen molar-refractivity contribution in [1.82, 2.24) is 5.32 Å². The Morgan fingerprint density at radius 1 is 1.08 bits per heavy atom. The lowest BCUT2D eigenvalue weighted by atomic mass is 10.1. The Morgan fingerprint density at radius 2 is 1.81 bits per heavy atom. The lowest BCUT2D eigenvalue weighted by Crippen LogP contribution is -2.31. The molecule has 2 aromatic carbocycles. The second kappa shape index (κ2) is 9.10. The van der Waals surface area contributed by atoms with Crippen LogP contribution in [-0.2, 0) is 9.53 Å². The Labute approximate surface area is 157 Å². The van der Waals surface area contributed by atoms with Gasteiger partial charge in [-0.1, -0.05) is 23.7 Å². The Balaban J connectivity index is 1.91. The molecule has 1 unspecified atom stereocenters. The average Bonchev–Trinajstić information content (AvgIpc) is 2.65. The predicted molar refractivity (Wildman–Crippen MR) is 97.8 cm³/mol. The highest BCUT2D eigenvalue weighted by atomic mass is 35.5. The van der Waals surface area contributed by atoms with Gasteiger partial charge in [-0.05, 0) is 42.8 Å². The van der Waals surface area contributed by atoms with Crippen LogP contribution in [0.15, 0.2) is 42.5 Å². The van der Waals surface area contributed by atoms with Crippen molar-refractivity contribution in [1.29, 1.82) is 0 Å². The van der Waals surface area contributed by atoms with Crippen molar-refractivity contribution in [3.8, 4) is 11.5 Å². The van der Waals surface area contributed by atoms with Gasteiger partial charge in [0.05, 0.1) is 25.8 Å². The van der Waals surface area contributed by atoms with E-state index in [0.717, 1.165) is 5.56 Å². The number of rotatable bonds is 7. The summed E-state index contributed by atoms with van der Waals surface area (Å²) in [6.07, 6.45) is 0. The monoisotopic (exact) mass is 377 g/mol. The summed E-state index contributed by atoms with van der Waals surface area (Å²) in [5.74, 6) is -0.138. The number of amides is 1. The highest BCUT2D eigenvalue weighted by molar-refractivity contribution is 6.30. The third kappa shape index (κ3) is 5.13. The van der Waals surface area contributed by atoms with E-state index in [-0.39, 0.29) is 11.6 Å². The van der Waals surface area contributed by atoms with Gasteiger partial charge in [-0.15, -0.1) is 0 Å². The van der Waals surface area contributed by atoms with E-state index in [1.807, 2.05) is 13.0 Å². The summed E-state index contributed by atoms with van der Waals surface area (Å²) in [4.78, 5) is 24.1. The molecule has 0 aromatic heterocycles. The zero-order valence-electron chi connectivity index (χ0n) is 14.7. The second-order valence-corrected chi connectivity index (χ2v) is 5.93. The normalized spacial score (nSPS) is 11.4. The maximum atomic E-state index is 12.1. The molecule has 1 N–H and O–H groups in total. The summed E-state index contributed by atoms with van der Waals surface area (Å²) in [6.45, 7) is 1.43. The molecule has 0 radical (unpaired) electrons. The number of hydrogen-bond acceptors (Lipinski definition) is 5. The third-order valence-electron chi connectivity index (χ3n) is 3.68. The van der Waals surface area contributed by atoms with Crippen LogP contribution in [0.3, 0.4) is 0 Å². The van der Waals surface area contributed by atoms with Gasteiger partial charge in [0.25, 0.3) is 5.91 Å². The molecule has 0 saturated heterocycles. The van der Waals surface area contributed by atoms with Crippen LogP contribution in [0, 0.1) is 0 Å². The molecule has 0 fully saturated rings. The van der Waals surface area contributed by atoms with Crippen LogP contribution in [0.5, 0.6) is 11.5 Å². The molecule has 26 heavy (non-hydrogen) atoms. The van der Waals surface area contributed by atoms with E-state index in [1.54, 1.807) is 24.3 Å². The SMILES string of the molecule is COc1ccc(C(=O)OCC(=O)NC(C)c2cccc(Cl)c2)cc1OC. The first-order chi connectivity index (χ1) is 12.4. The summed E-state index contributed by atoms with van der Waals surface area (Å²) in [5, 5.41) is 3.34. The number of carbonyl (C=O) groups is 2. The van der Waals surface area contributed by atoms with E-state index in [4.69, 9.17) is 25.8 Å². The van der Waals surface area contributed by atoms with Gasteiger partial charge in [0.2, 0.25) is 0 Å². The smallest absolute Gasteiger partial charge is 0.338 e. The van der Waals surface area contributed by atoms with E-state index < -0.39 is 18.5 Å². The number of ether oxygens (including phenoxy) is 3. The number of hydrogen-bond donors (Lipinski definition) is 1. The first kappa shape index (κ1) is 19.6. The number of nitrogens with one attached hydrogen (secondary N) is 1. The first-order valence-corrected chi connectivity index (χ1v) is 8.26. The fourth-order valence-electron chi connectivity index (χ4n) is 2.32. The van der Waals surface area contributed by atoms with Gasteiger partial charge in [0.1, 0.15) is 0 Å². The van der Waals surface area contributed by atoms with Crippen LogP contribution in [0.25, 0.3) is 0 Å². The van der Waals surface area contributed by atoms with E-state index >= 15 is 0 Å². The maximum Gasteiger partial charge on any atom is 0.338 e. The van der Waals surface area contributed by atoms with Crippen molar-refractivity contribution >= 4 is 23.5 Å². The molecule has 1 amide bonds. The standard InChI is InChI=1S/C19H20ClNO5/c1-12(13-5-4-6-15(20)9-13)21-18(22)11-26-19(23)14-7-8-16(24-2)17(10-14)25-3/h4-10,12H,11H2,1-3H3,(H,21,22). The molecule has 1 atom stereocenters. The summed E-state index contributed by atoms with van der Waals surface area (Å²) >= 11 is 5.94. The number of halogens is 1. The van der Waals surface area contributed by atoms with Crippen LogP contribution in [0.1, 0.15) is 28.9 Å². The van der Waals surface area contributed by atoms with Crippen LogP contribution >= 0.6 is 11.6 Å². The van der Waals surface area contributed by atoms with Gasteiger partial charge < -0.3 is 19.5 Å². The molecule has 7 heteroatoms. The van der Waals surface area contributed by atoms with Gasteiger partial charge in [0.15, 0.2) is 18.1 Å². The van der Waals surface area contributed by atoms with Crippen molar-refractivity contribution in [2.75, 3.05) is 20.8 Å². The van der Waals surface area contributed by atoms with E-state index in [2.05, 4.69) is 5.32 Å². The van der Waals surface area contributed by atoms with Crippen LogP contribution in [-0.4, -0.2) is 32.7 Å². The van der Waals surface area contributed by atoms with E-state index in [0.29, 0.717) is 16.5 Å². The van der Waals surface area contributed by atoms with Gasteiger partial charge in [-0.3, -0.25) is 4.79 Å². The molecular formula is C19H20ClNO5. The number of carbonyl (C=O) groups excluding carboxylic acids is 2. The van der Waals surface area contributed by atoms with E-state index in [1.165, 1.54) is 26.4 Å². The summed E-state index contributed by atoms with van der Waals surface area (Å²) < 4.78 is 15.3. The van der Waals surface area contributed by atoms with Gasteiger partial charge in [-0.2, -0.15) is 0 Å². The highest BCUT2D eigenvalue weighted by Crippen LogP contribution is 2.27. The Hall–Kier alpha value is -2.73. The number of benzene rings is 2. The Bertz CT molecular complexity index is 793. The number of esters is 1. The minimum absolute atomic E-state index is 0.262. The summed E-state index contributed by atoms with van der Waals surface area (Å²) in [7, 11) is 2.97. The maximum absolute atomic E-state index is 12.1. The second-order valence-electron chi connectivity index (χ2n) is 5.49. The third-order valence-corrected chi connectivity index (χ3v) is 3.91. The average molecular weight is 378 g/mol. The Kier molecular flexibility index (Phi) is 6.86.